The first kappa shape index (κ1) is 35.6. The number of aliphatic hydroxyl groups is 2. The van der Waals surface area contributed by atoms with Crippen molar-refractivity contribution in [3.05, 3.63) is 59.7 Å². The van der Waals surface area contributed by atoms with E-state index >= 15 is 0 Å². The van der Waals surface area contributed by atoms with Crippen LogP contribution in [0.4, 0.5) is 21.9 Å². The molecule has 0 aromatic heterocycles. The average Bonchev–Trinajstić information content (AvgIpc) is 3.05. The van der Waals surface area contributed by atoms with E-state index in [-0.39, 0.29) is 16.8 Å². The van der Waals surface area contributed by atoms with Crippen LogP contribution in [0, 0.1) is 22.7 Å². The van der Waals surface area contributed by atoms with E-state index in [4.69, 9.17) is 5.73 Å². The maximum atomic E-state index is 14.7. The van der Waals surface area contributed by atoms with Gasteiger partial charge in [-0.25, -0.2) is 4.79 Å². The van der Waals surface area contributed by atoms with E-state index in [0.717, 1.165) is 10.8 Å². The van der Waals surface area contributed by atoms with Crippen molar-refractivity contribution in [2.24, 2.45) is 28.4 Å². The van der Waals surface area contributed by atoms with Crippen LogP contribution in [0.1, 0.15) is 42.6 Å². The first-order valence-corrected chi connectivity index (χ1v) is 16.4. The number of phenols is 1. The maximum Gasteiger partial charge on any atom is 0.323 e. The van der Waals surface area contributed by atoms with Gasteiger partial charge >= 0.3 is 6.03 Å². The lowest BCUT2D eigenvalue weighted by Gasteiger charge is -2.65. The summed E-state index contributed by atoms with van der Waals surface area (Å²) in [5.41, 5.74) is -1.19. The molecule has 0 saturated heterocycles. The molecule has 14 heteroatoms. The van der Waals surface area contributed by atoms with Gasteiger partial charge in [0.25, 0.3) is 0 Å². The van der Waals surface area contributed by atoms with E-state index in [1.807, 2.05) is 30.3 Å². The average molecular weight is 700 g/mol. The summed E-state index contributed by atoms with van der Waals surface area (Å²) in [6, 6.07) is 11.9. The van der Waals surface area contributed by atoms with Crippen LogP contribution < -0.4 is 21.3 Å². The number of hydrogen-bond acceptors (Lipinski definition) is 11. The van der Waals surface area contributed by atoms with Crippen molar-refractivity contribution in [1.82, 2.24) is 4.90 Å². The van der Waals surface area contributed by atoms with Crippen molar-refractivity contribution in [2.45, 2.75) is 44.4 Å². The molecule has 3 aromatic rings. The number of urea groups is 1. The fourth-order valence-corrected chi connectivity index (χ4v) is 9.12. The molecule has 268 valence electrons. The molecular weight excluding hydrogens is 658 g/mol. The number of fused-ring (bicyclic) bond motifs is 4. The third kappa shape index (κ3) is 4.52. The number of aromatic hydroxyl groups is 1. The van der Waals surface area contributed by atoms with E-state index in [1.165, 1.54) is 38.9 Å². The number of likely N-dealkylation sites (N-methyl/N-ethyl adjacent to an activating group) is 1. The van der Waals surface area contributed by atoms with Crippen LogP contribution >= 0.6 is 0 Å². The van der Waals surface area contributed by atoms with Gasteiger partial charge in [-0.3, -0.25) is 28.9 Å². The number of rotatable bonds is 5. The zero-order valence-electron chi connectivity index (χ0n) is 29.3. The zero-order chi connectivity index (χ0) is 37.7. The van der Waals surface area contributed by atoms with Crippen molar-refractivity contribution >= 4 is 62.9 Å². The predicted molar refractivity (Wildman–Crippen MR) is 188 cm³/mol. The Bertz CT molecular complexity index is 2070. The van der Waals surface area contributed by atoms with Gasteiger partial charge in [-0.2, -0.15) is 0 Å². The summed E-state index contributed by atoms with van der Waals surface area (Å²) >= 11 is 0. The van der Waals surface area contributed by atoms with Gasteiger partial charge in [0.05, 0.1) is 40.4 Å². The van der Waals surface area contributed by atoms with Gasteiger partial charge in [0, 0.05) is 30.6 Å². The summed E-state index contributed by atoms with van der Waals surface area (Å²) in [7, 11) is 6.22. The van der Waals surface area contributed by atoms with Crippen LogP contribution in [-0.4, -0.2) is 101 Å². The maximum absolute atomic E-state index is 14.7. The number of anilines is 3. The van der Waals surface area contributed by atoms with Crippen molar-refractivity contribution in [2.75, 3.05) is 43.7 Å². The summed E-state index contributed by atoms with van der Waals surface area (Å²) < 4.78 is 0. The number of primary amides is 1. The largest absolute Gasteiger partial charge is 0.505 e. The van der Waals surface area contributed by atoms with Gasteiger partial charge in [-0.15, -0.1) is 0 Å². The van der Waals surface area contributed by atoms with Gasteiger partial charge in [0.15, 0.2) is 34.7 Å². The molecule has 3 aliphatic carbocycles. The minimum absolute atomic E-state index is 0.174. The lowest BCUT2D eigenvalue weighted by molar-refractivity contribution is -0.237. The van der Waals surface area contributed by atoms with E-state index < -0.39 is 87.2 Å². The fraction of sp³-hybridized carbons (Fsp3) is 0.405. The minimum Gasteiger partial charge on any atom is -0.505 e. The Morgan fingerprint density at radius 1 is 0.902 bits per heavy atom. The molecule has 0 radical (unpaired) electrons. The van der Waals surface area contributed by atoms with Crippen LogP contribution in [0.3, 0.4) is 0 Å². The molecular formula is C37H41N5O9. The van der Waals surface area contributed by atoms with Crippen molar-refractivity contribution < 1.29 is 44.1 Å². The van der Waals surface area contributed by atoms with Crippen molar-refractivity contribution in [3.63, 3.8) is 0 Å². The molecule has 8 atom stereocenters. The number of phenolic OH excluding ortho intramolecular Hbond substituents is 1. The fourth-order valence-electron chi connectivity index (χ4n) is 9.12. The van der Waals surface area contributed by atoms with E-state index in [0.29, 0.717) is 11.4 Å². The van der Waals surface area contributed by atoms with Crippen molar-refractivity contribution in [1.29, 1.82) is 0 Å². The van der Waals surface area contributed by atoms with E-state index in [1.54, 1.807) is 38.1 Å². The number of Topliss-reactive ketones (excluding diaryl/α,β-unsaturated/α-hetero) is 4. The summed E-state index contributed by atoms with van der Waals surface area (Å²) in [6.07, 6.45) is -1.87. The third-order valence-electron chi connectivity index (χ3n) is 11.7. The second-order valence-electron chi connectivity index (χ2n) is 14.7. The van der Waals surface area contributed by atoms with Gasteiger partial charge < -0.3 is 36.6 Å². The first-order valence-electron chi connectivity index (χ1n) is 16.4. The Labute approximate surface area is 293 Å². The SMILES string of the molecule is C[C@H]1c2c(N(C)C)cc(NC(=O)Nc3cccc4ccccc34)c(O)c2C(=O)C2C(=O)[C@]3(O)C(=O)C(C(N)=O)C(=O)[C@@H](N(C)C)[C@]3(C)[C@@H](O)[C@@]21C. The van der Waals surface area contributed by atoms with Crippen LogP contribution in [0.25, 0.3) is 10.8 Å². The van der Waals surface area contributed by atoms with Gasteiger partial charge in [-0.05, 0) is 43.1 Å². The number of benzene rings is 3. The highest BCUT2D eigenvalue weighted by Gasteiger charge is 2.81. The molecule has 14 nitrogen and oxygen atoms in total. The van der Waals surface area contributed by atoms with E-state index in [2.05, 4.69) is 10.6 Å². The number of carbonyl (C=O) groups is 6. The Balaban J connectivity index is 1.51. The van der Waals surface area contributed by atoms with E-state index in [9.17, 15) is 44.1 Å². The molecule has 0 spiro atoms. The van der Waals surface area contributed by atoms with Gasteiger partial charge in [0.1, 0.15) is 5.75 Å². The first-order chi connectivity index (χ1) is 23.8. The van der Waals surface area contributed by atoms with Crippen LogP contribution in [0.2, 0.25) is 0 Å². The van der Waals surface area contributed by atoms with Crippen molar-refractivity contribution in [3.8, 4) is 5.75 Å². The highest BCUT2D eigenvalue weighted by atomic mass is 16.3. The molecule has 3 amide bonds. The number of nitrogens with two attached hydrogens (primary N) is 1. The lowest BCUT2D eigenvalue weighted by Crippen LogP contribution is -2.84. The summed E-state index contributed by atoms with van der Waals surface area (Å²) in [4.78, 5) is 85.9. The molecule has 0 heterocycles. The molecule has 6 rings (SSSR count). The van der Waals surface area contributed by atoms with Crippen LogP contribution in [0.5, 0.6) is 5.75 Å². The zero-order valence-corrected chi connectivity index (χ0v) is 29.3. The van der Waals surface area contributed by atoms with Gasteiger partial charge in [-0.1, -0.05) is 57.2 Å². The van der Waals surface area contributed by atoms with Crippen LogP contribution in [-0.2, 0) is 19.2 Å². The molecule has 2 fully saturated rings. The highest BCUT2D eigenvalue weighted by molar-refractivity contribution is 6.33. The molecule has 3 aromatic carbocycles. The number of nitrogens with zero attached hydrogens (tertiary/aromatic N) is 2. The monoisotopic (exact) mass is 699 g/mol. The summed E-state index contributed by atoms with van der Waals surface area (Å²) in [6.45, 7) is 4.34. The summed E-state index contributed by atoms with van der Waals surface area (Å²) in [5, 5.41) is 43.4. The molecule has 0 aliphatic heterocycles. The Kier molecular flexibility index (Phi) is 8.17. The Morgan fingerprint density at radius 2 is 1.51 bits per heavy atom. The number of nitrogens with one attached hydrogen (secondary N) is 2. The minimum atomic E-state index is -3.21. The standard InChI is InChI=1S/C37H41N5O9/c1-16-22-21(41(4)5)15-20(40-34(50)39-19-14-10-12-17-11-8-9-13-18(17)19)26(43)23(22)27(44)25-31(47)37(51)30(46)24(32(38)48)28(45)29(42(6)7)36(37,3)33(49)35(16,25)2/h8-16,24-25,29,33,43,49,51H,1-7H3,(H2,38,48)(H2,39,40,50)/t16-,24?,25?,29+,33-,35+,36+,37+/m0/s1. The molecule has 2 saturated carbocycles. The smallest absolute Gasteiger partial charge is 0.323 e. The Morgan fingerprint density at radius 3 is 2.12 bits per heavy atom. The number of aliphatic hydroxyl groups excluding tert-OH is 1. The quantitative estimate of drug-likeness (QED) is 0.167. The third-order valence-corrected chi connectivity index (χ3v) is 11.7. The number of amides is 3. The topological polar surface area (TPSA) is 220 Å². The molecule has 7 N–H and O–H groups in total. The van der Waals surface area contributed by atoms with Crippen LogP contribution in [0.15, 0.2) is 48.5 Å². The Hall–Kier alpha value is -5.18. The molecule has 3 aliphatic rings. The lowest BCUT2D eigenvalue weighted by atomic mass is 9.39. The van der Waals surface area contributed by atoms with Gasteiger partial charge in [0.2, 0.25) is 5.91 Å². The molecule has 51 heavy (non-hydrogen) atoms. The predicted octanol–water partition coefficient (Wildman–Crippen LogP) is 2.04. The molecule has 2 unspecified atom stereocenters. The highest BCUT2D eigenvalue weighted by Crippen LogP contribution is 2.66. The second-order valence-corrected chi connectivity index (χ2v) is 14.7. The molecule has 0 bridgehead atoms. The normalized spacial score (nSPS) is 31.5. The second kappa shape index (κ2) is 11.7. The number of ketones is 4. The number of carbonyl (C=O) groups excluding carboxylic acids is 6. The number of hydrogen-bond donors (Lipinski definition) is 6. The summed E-state index contributed by atoms with van der Waals surface area (Å²) in [5.74, 6) is -12.0.